The van der Waals surface area contributed by atoms with E-state index in [0.717, 1.165) is 7.11 Å². The van der Waals surface area contributed by atoms with Gasteiger partial charge in [-0.1, -0.05) is 0 Å². The Morgan fingerprint density at radius 2 is 2.00 bits per heavy atom. The number of hydrogen-bond donors (Lipinski definition) is 2. The Kier molecular flexibility index (Phi) is 4.87. The molecule has 102 valence electrons. The van der Waals surface area contributed by atoms with Gasteiger partial charge in [0.1, 0.15) is 5.75 Å². The van der Waals surface area contributed by atoms with Crippen molar-refractivity contribution in [1.29, 1.82) is 0 Å². The first-order chi connectivity index (χ1) is 8.93. The Bertz CT molecular complexity index is 511. The number of benzene rings is 1. The van der Waals surface area contributed by atoms with Crippen LogP contribution in [0.15, 0.2) is 18.2 Å². The summed E-state index contributed by atoms with van der Waals surface area (Å²) in [5, 5.41) is 10.8. The van der Waals surface area contributed by atoms with E-state index in [0.29, 0.717) is 11.3 Å². The zero-order valence-electron chi connectivity index (χ0n) is 10.4. The summed E-state index contributed by atoms with van der Waals surface area (Å²) in [5.74, 6) is -1.36. The van der Waals surface area contributed by atoms with Crippen LogP contribution in [0.5, 0.6) is 5.75 Å². The van der Waals surface area contributed by atoms with Crippen molar-refractivity contribution in [2.45, 2.75) is 6.92 Å². The molecule has 0 bridgehead atoms. The molecule has 0 aliphatic rings. The minimum Gasteiger partial charge on any atom is -0.484 e. The van der Waals surface area contributed by atoms with Crippen LogP contribution in [0.2, 0.25) is 0 Å². The molecule has 0 atom stereocenters. The summed E-state index contributed by atoms with van der Waals surface area (Å²) in [6.45, 7) is 1.24. The molecular weight excluding hydrogens is 254 g/mol. The van der Waals surface area contributed by atoms with E-state index in [-0.39, 0.29) is 12.2 Å². The third-order valence-electron chi connectivity index (χ3n) is 2.23. The monoisotopic (exact) mass is 267 g/mol. The molecule has 2 N–H and O–H groups in total. The summed E-state index contributed by atoms with van der Waals surface area (Å²) in [4.78, 5) is 32.7. The number of imide groups is 1. The van der Waals surface area contributed by atoms with Crippen LogP contribution in [-0.4, -0.2) is 36.8 Å². The van der Waals surface area contributed by atoms with Gasteiger partial charge in [-0.3, -0.25) is 10.1 Å². The molecule has 19 heavy (non-hydrogen) atoms. The minimum absolute atomic E-state index is 0.159. The van der Waals surface area contributed by atoms with Gasteiger partial charge in [0.25, 0.3) is 5.91 Å². The molecule has 0 saturated heterocycles. The van der Waals surface area contributed by atoms with Crippen LogP contribution in [0.4, 0.5) is 4.79 Å². The summed E-state index contributed by atoms with van der Waals surface area (Å²) < 4.78 is 9.36. The number of amides is 2. The second-order valence-electron chi connectivity index (χ2n) is 3.61. The number of carbonyl (C=O) groups is 3. The SMILES string of the molecule is COC(=O)NC(=O)COc1ccc(C(=O)O)c(C)c1. The first kappa shape index (κ1) is 14.5. The molecule has 0 fully saturated rings. The van der Waals surface area contributed by atoms with Crippen LogP contribution >= 0.6 is 0 Å². The highest BCUT2D eigenvalue weighted by atomic mass is 16.5. The van der Waals surface area contributed by atoms with Crippen LogP contribution in [0.1, 0.15) is 15.9 Å². The topological polar surface area (TPSA) is 102 Å². The number of methoxy groups -OCH3 is 1. The largest absolute Gasteiger partial charge is 0.484 e. The molecule has 1 rings (SSSR count). The van der Waals surface area contributed by atoms with Crippen molar-refractivity contribution < 1.29 is 29.0 Å². The third-order valence-corrected chi connectivity index (χ3v) is 2.23. The van der Waals surface area contributed by atoms with Gasteiger partial charge in [0.05, 0.1) is 12.7 Å². The number of aryl methyl sites for hydroxylation is 1. The van der Waals surface area contributed by atoms with Crippen molar-refractivity contribution in [3.05, 3.63) is 29.3 Å². The molecule has 1 aromatic carbocycles. The van der Waals surface area contributed by atoms with E-state index in [1.165, 1.54) is 18.2 Å². The average molecular weight is 267 g/mol. The van der Waals surface area contributed by atoms with Crippen molar-refractivity contribution >= 4 is 18.0 Å². The van der Waals surface area contributed by atoms with Gasteiger partial charge in [0.2, 0.25) is 0 Å². The first-order valence-corrected chi connectivity index (χ1v) is 5.28. The van der Waals surface area contributed by atoms with Crippen molar-refractivity contribution in [2.75, 3.05) is 13.7 Å². The molecule has 7 nitrogen and oxygen atoms in total. The lowest BCUT2D eigenvalue weighted by Gasteiger charge is -2.08. The molecule has 0 aliphatic carbocycles. The number of carboxylic acid groups (broad SMARTS) is 1. The maximum atomic E-state index is 11.2. The molecule has 0 heterocycles. The fourth-order valence-electron chi connectivity index (χ4n) is 1.32. The van der Waals surface area contributed by atoms with Crippen LogP contribution < -0.4 is 10.1 Å². The molecular formula is C12H13NO6. The van der Waals surface area contributed by atoms with E-state index in [2.05, 4.69) is 4.74 Å². The van der Waals surface area contributed by atoms with E-state index in [4.69, 9.17) is 9.84 Å². The standard InChI is InChI=1S/C12H13NO6/c1-7-5-8(3-4-9(7)11(15)16)19-6-10(14)13-12(17)18-2/h3-5H,6H2,1-2H3,(H,15,16)(H,13,14,17). The fraction of sp³-hybridized carbons (Fsp3) is 0.250. The number of carbonyl (C=O) groups excluding carboxylic acids is 2. The van der Waals surface area contributed by atoms with E-state index >= 15 is 0 Å². The third kappa shape index (κ3) is 4.30. The van der Waals surface area contributed by atoms with Gasteiger partial charge in [-0.2, -0.15) is 0 Å². The van der Waals surface area contributed by atoms with Crippen molar-refractivity contribution in [3.63, 3.8) is 0 Å². The maximum absolute atomic E-state index is 11.2. The summed E-state index contributed by atoms with van der Waals surface area (Å²) in [5.41, 5.74) is 0.671. The fourth-order valence-corrected chi connectivity index (χ4v) is 1.32. The molecule has 7 heteroatoms. The number of ether oxygens (including phenoxy) is 2. The number of hydrogen-bond acceptors (Lipinski definition) is 5. The highest BCUT2D eigenvalue weighted by Crippen LogP contribution is 2.17. The lowest BCUT2D eigenvalue weighted by atomic mass is 10.1. The number of nitrogens with one attached hydrogen (secondary N) is 1. The minimum atomic E-state index is -1.03. The summed E-state index contributed by atoms with van der Waals surface area (Å²) in [6.07, 6.45) is -0.869. The molecule has 0 radical (unpaired) electrons. The molecule has 0 unspecified atom stereocenters. The molecule has 1 aromatic rings. The summed E-state index contributed by atoms with van der Waals surface area (Å²) in [7, 11) is 1.14. The van der Waals surface area contributed by atoms with Crippen molar-refractivity contribution in [3.8, 4) is 5.75 Å². The lowest BCUT2D eigenvalue weighted by molar-refractivity contribution is -0.122. The number of rotatable bonds is 4. The number of aromatic carboxylic acids is 1. The smallest absolute Gasteiger partial charge is 0.413 e. The zero-order chi connectivity index (χ0) is 14.4. The summed E-state index contributed by atoms with van der Waals surface area (Å²) in [6, 6.07) is 4.31. The molecule has 0 spiro atoms. The molecule has 0 aromatic heterocycles. The molecule has 0 saturated carbocycles. The Morgan fingerprint density at radius 3 is 2.53 bits per heavy atom. The second kappa shape index (κ2) is 6.39. The highest BCUT2D eigenvalue weighted by molar-refractivity contribution is 5.92. The van der Waals surface area contributed by atoms with Gasteiger partial charge in [0.15, 0.2) is 6.61 Å². The van der Waals surface area contributed by atoms with E-state index in [1.54, 1.807) is 6.92 Å². The Hall–Kier alpha value is -2.57. The van der Waals surface area contributed by atoms with Crippen LogP contribution in [0.3, 0.4) is 0 Å². The quantitative estimate of drug-likeness (QED) is 0.842. The van der Waals surface area contributed by atoms with Gasteiger partial charge in [-0.25, -0.2) is 9.59 Å². The predicted octanol–water partition coefficient (Wildman–Crippen LogP) is 0.955. The van der Waals surface area contributed by atoms with Gasteiger partial charge in [-0.05, 0) is 30.7 Å². The van der Waals surface area contributed by atoms with E-state index in [1.807, 2.05) is 5.32 Å². The molecule has 2 amide bonds. The predicted molar refractivity (Wildman–Crippen MR) is 64.2 cm³/mol. The van der Waals surface area contributed by atoms with E-state index in [9.17, 15) is 14.4 Å². The average Bonchev–Trinajstić information content (AvgIpc) is 2.35. The summed E-state index contributed by atoms with van der Waals surface area (Å²) >= 11 is 0. The molecule has 0 aliphatic heterocycles. The Morgan fingerprint density at radius 1 is 1.32 bits per heavy atom. The van der Waals surface area contributed by atoms with E-state index < -0.39 is 18.0 Å². The lowest BCUT2D eigenvalue weighted by Crippen LogP contribution is -2.34. The van der Waals surface area contributed by atoms with Gasteiger partial charge in [-0.15, -0.1) is 0 Å². The highest BCUT2D eigenvalue weighted by Gasteiger charge is 2.10. The van der Waals surface area contributed by atoms with Gasteiger partial charge >= 0.3 is 12.1 Å². The van der Waals surface area contributed by atoms with Crippen molar-refractivity contribution in [2.24, 2.45) is 0 Å². The van der Waals surface area contributed by atoms with Gasteiger partial charge in [0, 0.05) is 0 Å². The Labute approximate surface area is 109 Å². The van der Waals surface area contributed by atoms with Crippen LogP contribution in [0, 0.1) is 6.92 Å². The first-order valence-electron chi connectivity index (χ1n) is 5.28. The van der Waals surface area contributed by atoms with Gasteiger partial charge < -0.3 is 14.6 Å². The number of alkyl carbamates (subject to hydrolysis) is 1. The zero-order valence-corrected chi connectivity index (χ0v) is 10.4. The van der Waals surface area contributed by atoms with Crippen LogP contribution in [0.25, 0.3) is 0 Å². The maximum Gasteiger partial charge on any atom is 0.413 e. The van der Waals surface area contributed by atoms with Crippen LogP contribution in [-0.2, 0) is 9.53 Å². The second-order valence-corrected chi connectivity index (χ2v) is 3.61. The van der Waals surface area contributed by atoms with Crippen molar-refractivity contribution in [1.82, 2.24) is 5.32 Å². The normalized spacial score (nSPS) is 9.58. The Balaban J connectivity index is 2.59. The number of carboxylic acids is 1.